The Balaban J connectivity index is 1.30. The van der Waals surface area contributed by atoms with Crippen molar-refractivity contribution in [3.8, 4) is 0 Å². The number of thioether (sulfide) groups is 1. The van der Waals surface area contributed by atoms with Gasteiger partial charge in [0, 0.05) is 25.8 Å². The van der Waals surface area contributed by atoms with Gasteiger partial charge >= 0.3 is 0 Å². The summed E-state index contributed by atoms with van der Waals surface area (Å²) >= 11 is 1.31. The molecule has 9 heteroatoms. The van der Waals surface area contributed by atoms with Gasteiger partial charge in [0.2, 0.25) is 11.8 Å². The van der Waals surface area contributed by atoms with Crippen LogP contribution < -0.4 is 5.32 Å². The summed E-state index contributed by atoms with van der Waals surface area (Å²) in [5, 5.41) is 11.5. The van der Waals surface area contributed by atoms with Gasteiger partial charge in [-0.05, 0) is 41.8 Å². The Hall–Kier alpha value is -3.20. The molecule has 0 unspecified atom stereocenters. The topological polar surface area (TPSA) is 80.1 Å². The molecule has 0 aliphatic carbocycles. The van der Waals surface area contributed by atoms with Crippen LogP contribution in [-0.2, 0) is 36.0 Å². The number of carbonyl (C=O) groups is 2. The van der Waals surface area contributed by atoms with Crippen LogP contribution in [0.4, 0.5) is 10.1 Å². The van der Waals surface area contributed by atoms with Crippen molar-refractivity contribution >= 4 is 29.3 Å². The number of nitrogens with one attached hydrogen (secondary N) is 1. The fourth-order valence-corrected chi connectivity index (χ4v) is 4.27. The number of amides is 2. The minimum absolute atomic E-state index is 0.0261. The van der Waals surface area contributed by atoms with Gasteiger partial charge in [-0.25, -0.2) is 4.39 Å². The lowest BCUT2D eigenvalue weighted by Crippen LogP contribution is -2.37. The summed E-state index contributed by atoms with van der Waals surface area (Å²) in [6.45, 7) is 1.34. The van der Waals surface area contributed by atoms with E-state index in [1.54, 1.807) is 11.6 Å². The summed E-state index contributed by atoms with van der Waals surface area (Å²) in [5.41, 5.74) is 3.01. The number of hydrogen-bond acceptors (Lipinski definition) is 5. The molecule has 0 bridgehead atoms. The molecule has 2 amide bonds. The second-order valence-corrected chi connectivity index (χ2v) is 8.25. The summed E-state index contributed by atoms with van der Waals surface area (Å²) in [4.78, 5) is 26.8. The fourth-order valence-electron chi connectivity index (χ4n) is 3.43. The molecule has 0 spiro atoms. The molecule has 1 aromatic heterocycles. The first-order chi connectivity index (χ1) is 15.0. The highest BCUT2D eigenvalue weighted by Crippen LogP contribution is 2.21. The van der Waals surface area contributed by atoms with Crippen molar-refractivity contribution in [2.75, 3.05) is 17.6 Å². The molecule has 0 saturated heterocycles. The zero-order valence-corrected chi connectivity index (χ0v) is 17.9. The highest BCUT2D eigenvalue weighted by molar-refractivity contribution is 7.99. The molecule has 0 atom stereocenters. The predicted molar refractivity (Wildman–Crippen MR) is 116 cm³/mol. The maximum atomic E-state index is 13.0. The summed E-state index contributed by atoms with van der Waals surface area (Å²) < 4.78 is 14.7. The standard InChI is InChI=1S/C22H22FN5O2S/c1-27-19(12-20(29)24-18-8-6-17(23)7-9-18)25-26-22(27)31-14-21(30)28-11-10-15-4-2-3-5-16(15)13-28/h2-9H,10-14H2,1H3,(H,24,29). The lowest BCUT2D eigenvalue weighted by atomic mass is 10.00. The van der Waals surface area contributed by atoms with Crippen LogP contribution in [0.2, 0.25) is 0 Å². The van der Waals surface area contributed by atoms with Gasteiger partial charge in [0.15, 0.2) is 5.16 Å². The van der Waals surface area contributed by atoms with Crippen LogP contribution >= 0.6 is 11.8 Å². The predicted octanol–water partition coefficient (Wildman–Crippen LogP) is 2.81. The van der Waals surface area contributed by atoms with Gasteiger partial charge in [-0.15, -0.1) is 10.2 Å². The van der Waals surface area contributed by atoms with Crippen LogP contribution in [0.25, 0.3) is 0 Å². The Morgan fingerprint density at radius 1 is 1.10 bits per heavy atom. The molecule has 0 saturated carbocycles. The van der Waals surface area contributed by atoms with E-state index in [9.17, 15) is 14.0 Å². The third-order valence-corrected chi connectivity index (χ3v) is 6.18. The van der Waals surface area contributed by atoms with Crippen molar-refractivity contribution < 1.29 is 14.0 Å². The quantitative estimate of drug-likeness (QED) is 0.598. The first-order valence-corrected chi connectivity index (χ1v) is 10.9. The lowest BCUT2D eigenvalue weighted by molar-refractivity contribution is -0.129. The number of hydrogen-bond donors (Lipinski definition) is 1. The molecule has 0 fully saturated rings. The Kier molecular flexibility index (Phi) is 6.31. The highest BCUT2D eigenvalue weighted by atomic mass is 32.2. The van der Waals surface area contributed by atoms with Gasteiger partial charge in [-0.2, -0.15) is 0 Å². The van der Waals surface area contributed by atoms with Gasteiger partial charge < -0.3 is 14.8 Å². The van der Waals surface area contributed by atoms with Crippen molar-refractivity contribution in [3.63, 3.8) is 0 Å². The summed E-state index contributed by atoms with van der Waals surface area (Å²) in [7, 11) is 1.77. The third kappa shape index (κ3) is 5.11. The monoisotopic (exact) mass is 439 g/mol. The van der Waals surface area contributed by atoms with E-state index < -0.39 is 0 Å². The van der Waals surface area contributed by atoms with E-state index in [-0.39, 0.29) is 29.8 Å². The van der Waals surface area contributed by atoms with Crippen LogP contribution in [0.5, 0.6) is 0 Å². The van der Waals surface area contributed by atoms with Gasteiger partial charge in [0.05, 0.1) is 12.2 Å². The van der Waals surface area contributed by atoms with E-state index in [0.717, 1.165) is 6.42 Å². The van der Waals surface area contributed by atoms with Crippen LogP contribution in [0.15, 0.2) is 53.7 Å². The molecule has 7 nitrogen and oxygen atoms in total. The molecule has 1 aliphatic heterocycles. The normalized spacial score (nSPS) is 13.0. The maximum Gasteiger partial charge on any atom is 0.233 e. The van der Waals surface area contributed by atoms with Gasteiger partial charge in [-0.3, -0.25) is 9.59 Å². The third-order valence-electron chi connectivity index (χ3n) is 5.18. The fraction of sp³-hybridized carbons (Fsp3) is 0.273. The zero-order valence-electron chi connectivity index (χ0n) is 17.0. The van der Waals surface area contributed by atoms with Crippen LogP contribution in [0.1, 0.15) is 17.0 Å². The molecule has 2 aromatic carbocycles. The average Bonchev–Trinajstić information content (AvgIpc) is 3.12. The van der Waals surface area contributed by atoms with Crippen molar-refractivity contribution in [2.45, 2.75) is 24.5 Å². The SMILES string of the molecule is Cn1c(CC(=O)Nc2ccc(F)cc2)nnc1SCC(=O)N1CCc2ccccc2C1. The average molecular weight is 440 g/mol. The first-order valence-electron chi connectivity index (χ1n) is 9.90. The van der Waals surface area contributed by atoms with E-state index in [2.05, 4.69) is 27.6 Å². The van der Waals surface area contributed by atoms with Gasteiger partial charge in [-0.1, -0.05) is 36.0 Å². The zero-order chi connectivity index (χ0) is 21.8. The molecular weight excluding hydrogens is 417 g/mol. The number of aromatic nitrogens is 3. The Morgan fingerprint density at radius 2 is 1.84 bits per heavy atom. The number of rotatable bonds is 6. The number of benzene rings is 2. The summed E-state index contributed by atoms with van der Waals surface area (Å²) in [5.74, 6) is 0.160. The number of fused-ring (bicyclic) bond motifs is 1. The van der Waals surface area contributed by atoms with Crippen molar-refractivity contribution in [3.05, 3.63) is 71.3 Å². The van der Waals surface area contributed by atoms with Crippen LogP contribution in [0, 0.1) is 5.82 Å². The van der Waals surface area contributed by atoms with Gasteiger partial charge in [0.25, 0.3) is 0 Å². The number of carbonyl (C=O) groups excluding carboxylic acids is 2. The Labute approximate surface area is 183 Å². The minimum Gasteiger partial charge on any atom is -0.337 e. The largest absolute Gasteiger partial charge is 0.337 e. The van der Waals surface area contributed by atoms with E-state index in [4.69, 9.17) is 0 Å². The van der Waals surface area contributed by atoms with Crippen molar-refractivity contribution in [1.29, 1.82) is 0 Å². The van der Waals surface area contributed by atoms with E-state index in [0.29, 0.717) is 29.8 Å². The van der Waals surface area contributed by atoms with Crippen molar-refractivity contribution in [2.24, 2.45) is 7.05 Å². The Morgan fingerprint density at radius 3 is 2.61 bits per heavy atom. The summed E-state index contributed by atoms with van der Waals surface area (Å²) in [6, 6.07) is 13.8. The molecule has 1 aliphatic rings. The molecular formula is C22H22FN5O2S. The first kappa shape index (κ1) is 21.0. The molecule has 3 aromatic rings. The molecule has 4 rings (SSSR count). The highest BCUT2D eigenvalue weighted by Gasteiger charge is 2.21. The van der Waals surface area contributed by atoms with Crippen molar-refractivity contribution in [1.82, 2.24) is 19.7 Å². The van der Waals surface area contributed by atoms with Gasteiger partial charge in [0.1, 0.15) is 11.6 Å². The van der Waals surface area contributed by atoms with E-state index in [1.807, 2.05) is 17.0 Å². The van der Waals surface area contributed by atoms with E-state index in [1.165, 1.54) is 47.2 Å². The lowest BCUT2D eigenvalue weighted by Gasteiger charge is -2.28. The number of halogens is 1. The number of nitrogens with zero attached hydrogens (tertiary/aromatic N) is 4. The smallest absolute Gasteiger partial charge is 0.233 e. The Bertz CT molecular complexity index is 1100. The molecule has 160 valence electrons. The second kappa shape index (κ2) is 9.30. The molecule has 2 heterocycles. The number of anilines is 1. The summed E-state index contributed by atoms with van der Waals surface area (Å²) in [6.07, 6.45) is 0.891. The maximum absolute atomic E-state index is 13.0. The molecule has 1 N–H and O–H groups in total. The second-order valence-electron chi connectivity index (χ2n) is 7.31. The van der Waals surface area contributed by atoms with E-state index >= 15 is 0 Å². The molecule has 31 heavy (non-hydrogen) atoms. The molecule has 0 radical (unpaired) electrons. The van der Waals surface area contributed by atoms with Crippen LogP contribution in [-0.4, -0.2) is 43.8 Å². The van der Waals surface area contributed by atoms with Crippen LogP contribution in [0.3, 0.4) is 0 Å². The minimum atomic E-state index is -0.365.